The second kappa shape index (κ2) is 7.79. The first kappa shape index (κ1) is 18.4. The van der Waals surface area contributed by atoms with Gasteiger partial charge in [0.15, 0.2) is 11.5 Å². The van der Waals surface area contributed by atoms with Crippen LogP contribution >= 0.6 is 0 Å². The Morgan fingerprint density at radius 3 is 1.80 bits per heavy atom. The fourth-order valence-electron chi connectivity index (χ4n) is 2.55. The lowest BCUT2D eigenvalue weighted by molar-refractivity contribution is 0.102. The van der Waals surface area contributed by atoms with Gasteiger partial charge in [0.1, 0.15) is 5.75 Å². The lowest BCUT2D eigenvalue weighted by Crippen LogP contribution is -2.13. The van der Waals surface area contributed by atoms with Crippen molar-refractivity contribution in [2.45, 2.75) is 13.8 Å². The molecule has 2 rings (SSSR count). The molecule has 2 aromatic rings. The second-order valence-electron chi connectivity index (χ2n) is 5.50. The van der Waals surface area contributed by atoms with Crippen molar-refractivity contribution in [1.29, 1.82) is 0 Å². The Labute approximate surface area is 147 Å². The van der Waals surface area contributed by atoms with Gasteiger partial charge in [0.25, 0.3) is 5.91 Å². The molecule has 6 nitrogen and oxygen atoms in total. The van der Waals surface area contributed by atoms with Gasteiger partial charge in [-0.15, -0.1) is 0 Å². The molecule has 0 aliphatic heterocycles. The molecule has 25 heavy (non-hydrogen) atoms. The summed E-state index contributed by atoms with van der Waals surface area (Å²) in [7, 11) is 6.16. The molecule has 0 heterocycles. The number of aryl methyl sites for hydroxylation is 2. The normalized spacial score (nSPS) is 10.2. The number of methoxy groups -OCH3 is 4. The van der Waals surface area contributed by atoms with Crippen LogP contribution in [0.2, 0.25) is 0 Å². The molecule has 6 heteroatoms. The fraction of sp³-hybridized carbons (Fsp3) is 0.316. The van der Waals surface area contributed by atoms with Crippen LogP contribution in [0.1, 0.15) is 21.5 Å². The molecule has 134 valence electrons. The molecular formula is C19H23NO5. The van der Waals surface area contributed by atoms with Crippen molar-refractivity contribution in [3.05, 3.63) is 41.0 Å². The highest BCUT2D eigenvalue weighted by Gasteiger charge is 2.18. The molecule has 2 aromatic carbocycles. The van der Waals surface area contributed by atoms with E-state index in [1.54, 1.807) is 19.2 Å². The predicted octanol–water partition coefficient (Wildman–Crippen LogP) is 3.59. The summed E-state index contributed by atoms with van der Waals surface area (Å²) in [6, 6.07) is 7.00. The van der Waals surface area contributed by atoms with Gasteiger partial charge in [-0.2, -0.15) is 0 Å². The van der Waals surface area contributed by atoms with Crippen molar-refractivity contribution in [2.24, 2.45) is 0 Å². The molecule has 0 aliphatic carbocycles. The van der Waals surface area contributed by atoms with E-state index in [1.165, 1.54) is 21.3 Å². The molecule has 0 fully saturated rings. The van der Waals surface area contributed by atoms with Crippen LogP contribution in [0.3, 0.4) is 0 Å². The van der Waals surface area contributed by atoms with Crippen LogP contribution in [0.15, 0.2) is 24.3 Å². The number of hydrogen-bond donors (Lipinski definition) is 1. The Morgan fingerprint density at radius 1 is 0.760 bits per heavy atom. The topological polar surface area (TPSA) is 66.0 Å². The van der Waals surface area contributed by atoms with Crippen molar-refractivity contribution in [3.8, 4) is 23.0 Å². The van der Waals surface area contributed by atoms with E-state index in [2.05, 4.69) is 5.32 Å². The van der Waals surface area contributed by atoms with Gasteiger partial charge in [-0.05, 0) is 49.2 Å². The molecule has 0 aliphatic rings. The number of anilines is 1. The minimum absolute atomic E-state index is 0.271. The molecule has 0 radical (unpaired) electrons. The number of carbonyl (C=O) groups is 1. The summed E-state index contributed by atoms with van der Waals surface area (Å²) >= 11 is 0. The molecule has 1 N–H and O–H groups in total. The average molecular weight is 345 g/mol. The molecule has 0 bridgehead atoms. The lowest BCUT2D eigenvalue weighted by Gasteiger charge is -2.15. The van der Waals surface area contributed by atoms with E-state index in [4.69, 9.17) is 18.9 Å². The van der Waals surface area contributed by atoms with Crippen molar-refractivity contribution in [2.75, 3.05) is 33.8 Å². The zero-order valence-electron chi connectivity index (χ0n) is 15.4. The van der Waals surface area contributed by atoms with Gasteiger partial charge in [-0.1, -0.05) is 0 Å². The summed E-state index contributed by atoms with van der Waals surface area (Å²) < 4.78 is 21.2. The number of benzene rings is 2. The Morgan fingerprint density at radius 2 is 1.32 bits per heavy atom. The third-order valence-electron chi connectivity index (χ3n) is 3.92. The Kier molecular flexibility index (Phi) is 5.75. The maximum absolute atomic E-state index is 12.7. The van der Waals surface area contributed by atoms with E-state index in [1.807, 2.05) is 26.0 Å². The Balaban J connectivity index is 2.37. The highest BCUT2D eigenvalue weighted by atomic mass is 16.5. The second-order valence-corrected chi connectivity index (χ2v) is 5.50. The van der Waals surface area contributed by atoms with Crippen LogP contribution in [-0.2, 0) is 0 Å². The number of rotatable bonds is 6. The largest absolute Gasteiger partial charge is 0.496 e. The van der Waals surface area contributed by atoms with Gasteiger partial charge >= 0.3 is 0 Å². The summed E-state index contributed by atoms with van der Waals surface area (Å²) in [6.07, 6.45) is 0. The van der Waals surface area contributed by atoms with Crippen molar-refractivity contribution in [3.63, 3.8) is 0 Å². The number of hydrogen-bond acceptors (Lipinski definition) is 5. The summed E-state index contributed by atoms with van der Waals surface area (Å²) in [5, 5.41) is 2.91. The highest BCUT2D eigenvalue weighted by Crippen LogP contribution is 2.38. The molecule has 0 aromatic heterocycles. The van der Waals surface area contributed by atoms with E-state index >= 15 is 0 Å². The van der Waals surface area contributed by atoms with Crippen LogP contribution in [0.4, 0.5) is 5.69 Å². The van der Waals surface area contributed by atoms with E-state index in [-0.39, 0.29) is 5.91 Å². The van der Waals surface area contributed by atoms with E-state index in [0.717, 1.165) is 22.6 Å². The zero-order valence-corrected chi connectivity index (χ0v) is 15.4. The number of carbonyl (C=O) groups excluding carboxylic acids is 1. The molecule has 0 saturated carbocycles. The maximum Gasteiger partial charge on any atom is 0.255 e. The standard InChI is InChI=1S/C19H23NO5/c1-11-8-15(22-3)12(2)7-14(11)20-19(21)13-9-16(23-4)18(25-6)17(10-13)24-5/h7-10H,1-6H3,(H,20,21). The van der Waals surface area contributed by atoms with Crippen LogP contribution in [0.5, 0.6) is 23.0 Å². The fourth-order valence-corrected chi connectivity index (χ4v) is 2.55. The van der Waals surface area contributed by atoms with Crippen molar-refractivity contribution < 1.29 is 23.7 Å². The van der Waals surface area contributed by atoms with Gasteiger partial charge in [0.2, 0.25) is 5.75 Å². The number of amides is 1. The highest BCUT2D eigenvalue weighted by molar-refractivity contribution is 6.05. The first-order chi connectivity index (χ1) is 11.9. The van der Waals surface area contributed by atoms with Crippen molar-refractivity contribution in [1.82, 2.24) is 0 Å². The summed E-state index contributed by atoms with van der Waals surface area (Å²) in [4.78, 5) is 12.7. The Bertz CT molecular complexity index is 761. The lowest BCUT2D eigenvalue weighted by atomic mass is 10.1. The summed E-state index contributed by atoms with van der Waals surface area (Å²) in [6.45, 7) is 3.83. The smallest absolute Gasteiger partial charge is 0.255 e. The molecule has 0 unspecified atom stereocenters. The van der Waals surface area contributed by atoms with Gasteiger partial charge < -0.3 is 24.3 Å². The molecule has 0 atom stereocenters. The van der Waals surface area contributed by atoms with Crippen LogP contribution in [0.25, 0.3) is 0 Å². The third-order valence-corrected chi connectivity index (χ3v) is 3.92. The third kappa shape index (κ3) is 3.79. The van der Waals surface area contributed by atoms with Gasteiger partial charge in [-0.3, -0.25) is 4.79 Å². The van der Waals surface area contributed by atoms with Gasteiger partial charge in [-0.25, -0.2) is 0 Å². The van der Waals surface area contributed by atoms with E-state index in [0.29, 0.717) is 22.8 Å². The zero-order chi connectivity index (χ0) is 18.6. The Hall–Kier alpha value is -2.89. The quantitative estimate of drug-likeness (QED) is 0.867. The molecule has 0 saturated heterocycles. The number of ether oxygens (including phenoxy) is 4. The first-order valence-corrected chi connectivity index (χ1v) is 7.71. The van der Waals surface area contributed by atoms with Crippen LogP contribution < -0.4 is 24.3 Å². The molecular weight excluding hydrogens is 322 g/mol. The van der Waals surface area contributed by atoms with E-state index in [9.17, 15) is 4.79 Å². The minimum Gasteiger partial charge on any atom is -0.496 e. The maximum atomic E-state index is 12.7. The number of nitrogens with one attached hydrogen (secondary N) is 1. The van der Waals surface area contributed by atoms with Gasteiger partial charge in [0, 0.05) is 11.3 Å². The minimum atomic E-state index is -0.271. The van der Waals surface area contributed by atoms with Crippen LogP contribution in [-0.4, -0.2) is 34.3 Å². The van der Waals surface area contributed by atoms with Gasteiger partial charge in [0.05, 0.1) is 28.4 Å². The van der Waals surface area contributed by atoms with E-state index < -0.39 is 0 Å². The molecule has 1 amide bonds. The first-order valence-electron chi connectivity index (χ1n) is 7.71. The summed E-state index contributed by atoms with van der Waals surface area (Å²) in [5.41, 5.74) is 2.97. The van der Waals surface area contributed by atoms with Crippen LogP contribution in [0, 0.1) is 13.8 Å². The monoisotopic (exact) mass is 345 g/mol. The summed E-state index contributed by atoms with van der Waals surface area (Å²) in [5.74, 6) is 1.80. The van der Waals surface area contributed by atoms with Crippen molar-refractivity contribution >= 4 is 11.6 Å². The SMILES string of the molecule is COc1cc(C)c(NC(=O)c2cc(OC)c(OC)c(OC)c2)cc1C. The average Bonchev–Trinajstić information content (AvgIpc) is 2.62. The molecule has 0 spiro atoms. The predicted molar refractivity (Wildman–Crippen MR) is 96.5 cm³/mol.